The number of hydrogen-bond acceptors (Lipinski definition) is 9. The monoisotopic (exact) mass is 496 g/mol. The summed E-state index contributed by atoms with van der Waals surface area (Å²) < 4.78 is 19.3. The molecule has 0 aliphatic heterocycles. The molecule has 0 spiro atoms. The summed E-state index contributed by atoms with van der Waals surface area (Å²) in [6.45, 7) is 2.10. The first kappa shape index (κ1) is 25.0. The Morgan fingerprint density at radius 3 is 2.69 bits per heavy atom. The number of aryl methyl sites for hydroxylation is 1. The summed E-state index contributed by atoms with van der Waals surface area (Å²) in [4.78, 5) is 47.8. The molecule has 12 nitrogen and oxygen atoms in total. The van der Waals surface area contributed by atoms with Crippen LogP contribution >= 0.6 is 0 Å². The zero-order chi connectivity index (χ0) is 25.5. The van der Waals surface area contributed by atoms with Gasteiger partial charge in [-0.15, -0.1) is 0 Å². The van der Waals surface area contributed by atoms with Crippen molar-refractivity contribution in [2.24, 2.45) is 0 Å². The molecule has 4 aromatic rings. The zero-order valence-corrected chi connectivity index (χ0v) is 20.3. The molecule has 0 aliphatic carbocycles. The van der Waals surface area contributed by atoms with Crippen molar-refractivity contribution < 1.29 is 18.8 Å². The van der Waals surface area contributed by atoms with Crippen molar-refractivity contribution in [2.75, 3.05) is 13.7 Å². The Balaban J connectivity index is 1.62. The summed E-state index contributed by atoms with van der Waals surface area (Å²) in [6.07, 6.45) is 4.06. The molecule has 0 amide bonds. The maximum atomic E-state index is 13.3. The van der Waals surface area contributed by atoms with Gasteiger partial charge < -0.3 is 18.6 Å². The lowest BCUT2D eigenvalue weighted by atomic mass is 10.2. The summed E-state index contributed by atoms with van der Waals surface area (Å²) in [5.74, 6) is -0.0925. The minimum absolute atomic E-state index is 0.149. The standard InChI is InChI=1S/C24H28N6O6/c1-3-4-10-18-26-19(36-27-18)15-35-20(31)14-30-23(32)21-22(25-16-28(21)11-12-34-2)29(24(30)33)13-17-8-6-5-7-9-17/h5-9,16H,3-4,10-15H2,1-2H3. The average Bonchev–Trinajstić information content (AvgIpc) is 3.53. The van der Waals surface area contributed by atoms with E-state index in [0.29, 0.717) is 25.4 Å². The van der Waals surface area contributed by atoms with E-state index in [4.69, 9.17) is 14.0 Å². The molecule has 3 aromatic heterocycles. The Morgan fingerprint density at radius 1 is 1.14 bits per heavy atom. The number of carbonyl (C=O) groups excluding carboxylic acids is 1. The van der Waals surface area contributed by atoms with Crippen LogP contribution in [-0.4, -0.2) is 48.5 Å². The number of nitrogens with zero attached hydrogens (tertiary/aromatic N) is 6. The van der Waals surface area contributed by atoms with E-state index < -0.39 is 23.8 Å². The number of rotatable bonds is 12. The van der Waals surface area contributed by atoms with Gasteiger partial charge in [0.2, 0.25) is 0 Å². The quantitative estimate of drug-likeness (QED) is 0.267. The second-order valence-corrected chi connectivity index (χ2v) is 8.22. The molecule has 0 radical (unpaired) electrons. The first-order chi connectivity index (χ1) is 17.5. The Hall–Kier alpha value is -4.06. The lowest BCUT2D eigenvalue weighted by molar-refractivity contribution is -0.146. The number of methoxy groups -OCH3 is 1. The minimum Gasteiger partial charge on any atom is -0.454 e. The van der Waals surface area contributed by atoms with Crippen molar-refractivity contribution in [3.8, 4) is 0 Å². The van der Waals surface area contributed by atoms with E-state index in [2.05, 4.69) is 22.0 Å². The van der Waals surface area contributed by atoms with E-state index in [-0.39, 0.29) is 30.2 Å². The third-order valence-electron chi connectivity index (χ3n) is 5.61. The average molecular weight is 497 g/mol. The normalized spacial score (nSPS) is 11.3. The number of ether oxygens (including phenoxy) is 2. The van der Waals surface area contributed by atoms with Crippen molar-refractivity contribution >= 4 is 17.1 Å². The molecule has 0 atom stereocenters. The van der Waals surface area contributed by atoms with Gasteiger partial charge in [0.15, 0.2) is 23.6 Å². The molecule has 0 saturated heterocycles. The summed E-state index contributed by atoms with van der Waals surface area (Å²) in [5, 5.41) is 3.85. The molecule has 0 bridgehead atoms. The highest BCUT2D eigenvalue weighted by Gasteiger charge is 2.21. The topological polar surface area (TPSA) is 136 Å². The fraction of sp³-hybridized carbons (Fsp3) is 0.417. The Kier molecular flexibility index (Phi) is 8.06. The van der Waals surface area contributed by atoms with Crippen LogP contribution in [0.25, 0.3) is 11.2 Å². The fourth-order valence-corrected chi connectivity index (χ4v) is 3.75. The number of aromatic nitrogens is 6. The van der Waals surface area contributed by atoms with Crippen molar-refractivity contribution in [3.05, 3.63) is 74.8 Å². The van der Waals surface area contributed by atoms with Crippen LogP contribution in [0.1, 0.15) is 37.0 Å². The van der Waals surface area contributed by atoms with Crippen molar-refractivity contribution in [1.82, 2.24) is 28.8 Å². The van der Waals surface area contributed by atoms with Crippen molar-refractivity contribution in [2.45, 2.75) is 52.4 Å². The van der Waals surface area contributed by atoms with E-state index in [9.17, 15) is 14.4 Å². The number of fused-ring (bicyclic) bond motifs is 1. The van der Waals surface area contributed by atoms with Crippen LogP contribution in [0.3, 0.4) is 0 Å². The summed E-state index contributed by atoms with van der Waals surface area (Å²) in [7, 11) is 1.55. The molecule has 0 aliphatic rings. The molecule has 3 heterocycles. The van der Waals surface area contributed by atoms with Crippen LogP contribution in [-0.2, 0) is 46.9 Å². The summed E-state index contributed by atoms with van der Waals surface area (Å²) in [6, 6.07) is 9.31. The molecule has 0 fully saturated rings. The number of unbranched alkanes of at least 4 members (excludes halogenated alkanes) is 1. The first-order valence-electron chi connectivity index (χ1n) is 11.7. The Morgan fingerprint density at radius 2 is 1.94 bits per heavy atom. The Bertz CT molecular complexity index is 1440. The van der Waals surface area contributed by atoms with Crippen molar-refractivity contribution in [1.29, 1.82) is 0 Å². The van der Waals surface area contributed by atoms with Gasteiger partial charge in [0.05, 0.1) is 19.5 Å². The number of imidazole rings is 1. The van der Waals surface area contributed by atoms with Crippen LogP contribution in [0.15, 0.2) is 50.8 Å². The predicted octanol–water partition coefficient (Wildman–Crippen LogP) is 1.52. The number of carbonyl (C=O) groups is 1. The van der Waals surface area contributed by atoms with E-state index in [1.54, 1.807) is 11.7 Å². The van der Waals surface area contributed by atoms with Crippen LogP contribution in [0, 0.1) is 0 Å². The molecule has 4 rings (SSSR count). The number of hydrogen-bond donors (Lipinski definition) is 0. The highest BCUT2D eigenvalue weighted by Crippen LogP contribution is 2.10. The van der Waals surface area contributed by atoms with Crippen LogP contribution in [0.2, 0.25) is 0 Å². The molecule has 12 heteroatoms. The largest absolute Gasteiger partial charge is 0.454 e. The van der Waals surface area contributed by atoms with Gasteiger partial charge in [-0.05, 0) is 12.0 Å². The summed E-state index contributed by atoms with van der Waals surface area (Å²) >= 11 is 0. The lowest BCUT2D eigenvalue weighted by Gasteiger charge is -2.12. The van der Waals surface area contributed by atoms with Gasteiger partial charge in [-0.25, -0.2) is 14.3 Å². The SMILES string of the molecule is CCCCc1noc(COC(=O)Cn2c(=O)c3c(ncn3CCOC)n(Cc3ccccc3)c2=O)n1. The number of benzene rings is 1. The second kappa shape index (κ2) is 11.6. The zero-order valence-electron chi connectivity index (χ0n) is 20.3. The predicted molar refractivity (Wildman–Crippen MR) is 128 cm³/mol. The molecule has 0 N–H and O–H groups in total. The molecule has 36 heavy (non-hydrogen) atoms. The van der Waals surface area contributed by atoms with E-state index in [1.807, 2.05) is 30.3 Å². The van der Waals surface area contributed by atoms with Crippen molar-refractivity contribution in [3.63, 3.8) is 0 Å². The highest BCUT2D eigenvalue weighted by molar-refractivity contribution is 5.72. The van der Waals surface area contributed by atoms with Gasteiger partial charge in [0.25, 0.3) is 11.4 Å². The molecule has 0 unspecified atom stereocenters. The van der Waals surface area contributed by atoms with E-state index in [1.165, 1.54) is 10.9 Å². The molecular weight excluding hydrogens is 468 g/mol. The molecule has 1 aromatic carbocycles. The lowest BCUT2D eigenvalue weighted by Crippen LogP contribution is -2.42. The van der Waals surface area contributed by atoms with Crippen LogP contribution in [0.4, 0.5) is 0 Å². The Labute approximate surface area is 206 Å². The van der Waals surface area contributed by atoms with Gasteiger partial charge in [0, 0.05) is 20.1 Å². The molecule has 0 saturated carbocycles. The maximum Gasteiger partial charge on any atom is 0.333 e. The maximum absolute atomic E-state index is 13.3. The number of esters is 1. The van der Waals surface area contributed by atoms with Gasteiger partial charge >= 0.3 is 11.7 Å². The second-order valence-electron chi connectivity index (χ2n) is 8.22. The fourth-order valence-electron chi connectivity index (χ4n) is 3.75. The summed E-state index contributed by atoms with van der Waals surface area (Å²) in [5.41, 5.74) is -0.0160. The van der Waals surface area contributed by atoms with E-state index in [0.717, 1.165) is 23.0 Å². The molecule has 190 valence electrons. The molecular formula is C24H28N6O6. The third kappa shape index (κ3) is 5.60. The van der Waals surface area contributed by atoms with Gasteiger partial charge in [-0.2, -0.15) is 4.98 Å². The van der Waals surface area contributed by atoms with Gasteiger partial charge in [0.1, 0.15) is 6.54 Å². The highest BCUT2D eigenvalue weighted by atomic mass is 16.6. The van der Waals surface area contributed by atoms with Crippen LogP contribution < -0.4 is 11.2 Å². The smallest absolute Gasteiger partial charge is 0.333 e. The van der Waals surface area contributed by atoms with Gasteiger partial charge in [-0.3, -0.25) is 14.2 Å². The van der Waals surface area contributed by atoms with E-state index >= 15 is 0 Å². The minimum atomic E-state index is -0.781. The van der Waals surface area contributed by atoms with Crippen LogP contribution in [0.5, 0.6) is 0 Å². The third-order valence-corrected chi connectivity index (χ3v) is 5.61. The van der Waals surface area contributed by atoms with Gasteiger partial charge in [-0.1, -0.05) is 48.8 Å². The first-order valence-corrected chi connectivity index (χ1v) is 11.7.